The van der Waals surface area contributed by atoms with E-state index in [0.29, 0.717) is 26.2 Å². The lowest BCUT2D eigenvalue weighted by atomic mass is 10.5. The fourth-order valence-corrected chi connectivity index (χ4v) is 6.09. The Balaban J connectivity index is 0. The van der Waals surface area contributed by atoms with Crippen LogP contribution in [0.1, 0.15) is 19.3 Å². The molecule has 0 aliphatic rings. The number of rotatable bonds is 18. The highest BCUT2D eigenvalue weighted by Crippen LogP contribution is 2.16. The van der Waals surface area contributed by atoms with Gasteiger partial charge in [-0.25, -0.2) is 0 Å². The van der Waals surface area contributed by atoms with Gasteiger partial charge in [-0.2, -0.15) is 0 Å². The van der Waals surface area contributed by atoms with E-state index in [1.807, 2.05) is 0 Å². The predicted octanol–water partition coefficient (Wildman–Crippen LogP) is -0.265. The Morgan fingerprint density at radius 2 is 1.11 bits per heavy atom. The van der Waals surface area contributed by atoms with Crippen LogP contribution in [0.3, 0.4) is 0 Å². The molecule has 0 aromatic heterocycles. The van der Waals surface area contributed by atoms with E-state index in [9.17, 15) is 0 Å². The van der Waals surface area contributed by atoms with Crippen LogP contribution in [0.25, 0.3) is 0 Å². The lowest BCUT2D eigenvalue weighted by Crippen LogP contribution is -2.44. The number of hydrogen-bond donors (Lipinski definition) is 4. The van der Waals surface area contributed by atoms with E-state index in [4.69, 9.17) is 43.8 Å². The van der Waals surface area contributed by atoms with E-state index in [2.05, 4.69) is 5.32 Å². The van der Waals surface area contributed by atoms with Gasteiger partial charge in [0, 0.05) is 67.3 Å². The Kier molecular flexibility index (Phi) is 21.9. The van der Waals surface area contributed by atoms with Crippen molar-refractivity contribution in [1.29, 1.82) is 0 Å². The second kappa shape index (κ2) is 20.3. The minimum Gasteiger partial charge on any atom is -0.377 e. The maximum atomic E-state index is 5.63. The minimum absolute atomic E-state index is 0.592. The Morgan fingerprint density at radius 1 is 0.607 bits per heavy atom. The molecule has 0 rings (SSSR count). The first-order valence-electron chi connectivity index (χ1n) is 9.69. The van der Waals surface area contributed by atoms with Crippen molar-refractivity contribution in [3.05, 3.63) is 0 Å². The van der Waals surface area contributed by atoms with Crippen molar-refractivity contribution in [2.24, 2.45) is 17.2 Å². The summed E-state index contributed by atoms with van der Waals surface area (Å²) in [5.41, 5.74) is 16.2. The SMILES string of the molecule is CO[Si](CCCN)(OC)OCCCN.CO[Si](CCCNCCN)(OC)OC. The molecule has 28 heavy (non-hydrogen) atoms. The molecule has 0 saturated heterocycles. The second-order valence-corrected chi connectivity index (χ2v) is 12.0. The standard InChI is InChI=1S/2C8H22N2O3Si/c1-11-14(12-2,13-3)8-4-6-10-7-5-9;1-11-14(12-2,8-4-6-10)13-7-3-5-9/h10H,4-9H2,1-3H3;3-10H2,1-2H3. The van der Waals surface area contributed by atoms with Gasteiger partial charge in [-0.05, 0) is 38.9 Å². The second-order valence-electron chi connectivity index (χ2n) is 5.91. The summed E-state index contributed by atoms with van der Waals surface area (Å²) >= 11 is 0. The average Bonchev–Trinajstić information content (AvgIpc) is 2.74. The number of hydrogen-bond acceptors (Lipinski definition) is 10. The van der Waals surface area contributed by atoms with Gasteiger partial charge in [-0.15, -0.1) is 0 Å². The molecule has 172 valence electrons. The number of nitrogens with one attached hydrogen (secondary N) is 1. The molecule has 12 heteroatoms. The highest BCUT2D eigenvalue weighted by molar-refractivity contribution is 6.60. The number of nitrogens with two attached hydrogens (primary N) is 3. The summed E-state index contributed by atoms with van der Waals surface area (Å²) in [5, 5.41) is 3.21. The van der Waals surface area contributed by atoms with Crippen molar-refractivity contribution in [3.8, 4) is 0 Å². The normalized spacial score (nSPS) is 12.0. The van der Waals surface area contributed by atoms with E-state index in [0.717, 1.165) is 44.4 Å². The fraction of sp³-hybridized carbons (Fsp3) is 1.00. The highest BCUT2D eigenvalue weighted by atomic mass is 28.4. The van der Waals surface area contributed by atoms with Gasteiger partial charge >= 0.3 is 17.6 Å². The molecule has 0 saturated carbocycles. The maximum absolute atomic E-state index is 5.63. The van der Waals surface area contributed by atoms with E-state index >= 15 is 0 Å². The zero-order valence-corrected chi connectivity index (χ0v) is 20.5. The molecular formula is C16H44N4O6Si2. The smallest absolute Gasteiger partial charge is 0.377 e. The van der Waals surface area contributed by atoms with E-state index in [1.54, 1.807) is 35.5 Å². The summed E-state index contributed by atoms with van der Waals surface area (Å²) in [6.07, 6.45) is 2.66. The van der Waals surface area contributed by atoms with Crippen LogP contribution in [0, 0.1) is 0 Å². The summed E-state index contributed by atoms with van der Waals surface area (Å²) in [7, 11) is 3.35. The van der Waals surface area contributed by atoms with E-state index in [1.165, 1.54) is 0 Å². The van der Waals surface area contributed by atoms with Crippen molar-refractivity contribution >= 4 is 17.6 Å². The molecule has 0 amide bonds. The van der Waals surface area contributed by atoms with Crippen molar-refractivity contribution in [2.75, 3.05) is 74.9 Å². The van der Waals surface area contributed by atoms with Gasteiger partial charge in [0.1, 0.15) is 0 Å². The molecule has 7 N–H and O–H groups in total. The van der Waals surface area contributed by atoms with Gasteiger partial charge in [0.2, 0.25) is 0 Å². The van der Waals surface area contributed by atoms with Gasteiger partial charge in [0.25, 0.3) is 0 Å². The zero-order valence-electron chi connectivity index (χ0n) is 18.5. The fourth-order valence-electron chi connectivity index (χ4n) is 2.32. The van der Waals surface area contributed by atoms with Gasteiger partial charge in [-0.1, -0.05) is 0 Å². The molecule has 0 fully saturated rings. The van der Waals surface area contributed by atoms with E-state index < -0.39 is 17.6 Å². The van der Waals surface area contributed by atoms with Crippen LogP contribution in [-0.4, -0.2) is 92.5 Å². The average molecular weight is 445 g/mol. The quantitative estimate of drug-likeness (QED) is 0.165. The lowest BCUT2D eigenvalue weighted by molar-refractivity contribution is 0.0973. The minimum atomic E-state index is -2.44. The van der Waals surface area contributed by atoms with Crippen molar-refractivity contribution in [1.82, 2.24) is 5.32 Å². The molecule has 0 aliphatic carbocycles. The summed E-state index contributed by atoms with van der Waals surface area (Å²) in [4.78, 5) is 0. The van der Waals surface area contributed by atoms with Gasteiger partial charge in [0.15, 0.2) is 0 Å². The third-order valence-corrected chi connectivity index (χ3v) is 9.76. The maximum Gasteiger partial charge on any atom is 0.500 e. The van der Waals surface area contributed by atoms with Crippen LogP contribution in [0.2, 0.25) is 12.1 Å². The monoisotopic (exact) mass is 444 g/mol. The molecule has 0 aromatic carbocycles. The Hall–Kier alpha value is 0.0338. The largest absolute Gasteiger partial charge is 0.500 e. The van der Waals surface area contributed by atoms with Crippen molar-refractivity contribution in [3.63, 3.8) is 0 Å². The van der Waals surface area contributed by atoms with Gasteiger partial charge < -0.3 is 49.1 Å². The van der Waals surface area contributed by atoms with Crippen LogP contribution < -0.4 is 22.5 Å². The summed E-state index contributed by atoms with van der Waals surface area (Å²) in [5.74, 6) is 0. The van der Waals surface area contributed by atoms with Crippen molar-refractivity contribution in [2.45, 2.75) is 31.4 Å². The van der Waals surface area contributed by atoms with Gasteiger partial charge in [-0.3, -0.25) is 0 Å². The molecule has 0 unspecified atom stereocenters. The van der Waals surface area contributed by atoms with Crippen molar-refractivity contribution < 1.29 is 26.6 Å². The van der Waals surface area contributed by atoms with Gasteiger partial charge in [0.05, 0.1) is 0 Å². The van der Waals surface area contributed by atoms with Crippen LogP contribution in [0.15, 0.2) is 0 Å². The topological polar surface area (TPSA) is 145 Å². The van der Waals surface area contributed by atoms with Crippen LogP contribution in [0.4, 0.5) is 0 Å². The van der Waals surface area contributed by atoms with Crippen LogP contribution >= 0.6 is 0 Å². The molecule has 0 bridgehead atoms. The molecule has 0 radical (unpaired) electrons. The Morgan fingerprint density at radius 3 is 1.54 bits per heavy atom. The summed E-state index contributed by atoms with van der Waals surface area (Å²) < 4.78 is 32.2. The van der Waals surface area contributed by atoms with Crippen LogP contribution in [-0.2, 0) is 26.6 Å². The Labute approximate surface area is 173 Å². The molecule has 0 spiro atoms. The molecular weight excluding hydrogens is 400 g/mol. The highest BCUT2D eigenvalue weighted by Gasteiger charge is 2.38. The Bertz CT molecular complexity index is 319. The third-order valence-electron chi connectivity index (χ3n) is 4.07. The van der Waals surface area contributed by atoms with E-state index in [-0.39, 0.29) is 0 Å². The molecule has 0 atom stereocenters. The molecule has 0 aliphatic heterocycles. The first kappa shape index (κ1) is 30.2. The first-order chi connectivity index (χ1) is 13.5. The predicted molar refractivity (Wildman–Crippen MR) is 116 cm³/mol. The zero-order chi connectivity index (χ0) is 21.7. The molecule has 10 nitrogen and oxygen atoms in total. The molecule has 0 aromatic rings. The lowest BCUT2D eigenvalue weighted by Gasteiger charge is -2.26. The summed E-state index contributed by atoms with van der Waals surface area (Å²) in [6.45, 7) is 4.27. The first-order valence-corrected chi connectivity index (χ1v) is 13.6. The van der Waals surface area contributed by atoms with Crippen LogP contribution in [0.5, 0.6) is 0 Å². The third kappa shape index (κ3) is 14.1. The molecule has 0 heterocycles. The summed E-state index contributed by atoms with van der Waals surface area (Å²) in [6, 6.07) is 1.59.